The summed E-state index contributed by atoms with van der Waals surface area (Å²) in [5.41, 5.74) is 1.38. The maximum Gasteiger partial charge on any atom is 0.337 e. The van der Waals surface area contributed by atoms with Crippen LogP contribution in [0.3, 0.4) is 0 Å². The first-order valence-corrected chi connectivity index (χ1v) is 7.15. The van der Waals surface area contributed by atoms with E-state index < -0.39 is 5.97 Å². The number of para-hydroxylation sites is 1. The number of fused-ring (bicyclic) bond motifs is 2. The van der Waals surface area contributed by atoms with E-state index >= 15 is 0 Å². The van der Waals surface area contributed by atoms with Crippen molar-refractivity contribution < 1.29 is 19.4 Å². The summed E-state index contributed by atoms with van der Waals surface area (Å²) < 4.78 is 5.46. The molecule has 2 N–H and O–H groups in total. The molecule has 0 aromatic heterocycles. The van der Waals surface area contributed by atoms with Crippen LogP contribution in [0.4, 0.5) is 11.4 Å². The van der Waals surface area contributed by atoms with Crippen molar-refractivity contribution in [2.24, 2.45) is 5.92 Å². The summed E-state index contributed by atoms with van der Waals surface area (Å²) in [7, 11) is 0. The van der Waals surface area contributed by atoms with Crippen molar-refractivity contribution >= 4 is 23.3 Å². The quantitative estimate of drug-likeness (QED) is 0.883. The Morgan fingerprint density at radius 3 is 3.00 bits per heavy atom. The van der Waals surface area contributed by atoms with Crippen LogP contribution in [0, 0.1) is 5.92 Å². The number of carboxylic acid groups (broad SMARTS) is 1. The third kappa shape index (κ3) is 2.25. The van der Waals surface area contributed by atoms with E-state index in [1.165, 1.54) is 0 Å². The van der Waals surface area contributed by atoms with E-state index in [0.29, 0.717) is 31.1 Å². The number of hydrogen-bond donors (Lipinski definition) is 2. The molecule has 1 amide bonds. The van der Waals surface area contributed by atoms with Crippen LogP contribution in [0.5, 0.6) is 0 Å². The molecular formula is C15H18N2O4. The summed E-state index contributed by atoms with van der Waals surface area (Å²) in [5.74, 6) is -1.34. The van der Waals surface area contributed by atoms with Gasteiger partial charge in [-0.2, -0.15) is 0 Å². The highest BCUT2D eigenvalue weighted by atomic mass is 16.5. The van der Waals surface area contributed by atoms with Crippen molar-refractivity contribution in [1.29, 1.82) is 0 Å². The lowest BCUT2D eigenvalue weighted by molar-refractivity contribution is -0.120. The van der Waals surface area contributed by atoms with Gasteiger partial charge in [0.15, 0.2) is 0 Å². The zero-order chi connectivity index (χ0) is 15.0. The Bertz CT molecular complexity index is 587. The molecule has 6 nitrogen and oxygen atoms in total. The summed E-state index contributed by atoms with van der Waals surface area (Å²) in [6.07, 6.45) is 0.866. The fourth-order valence-corrected chi connectivity index (χ4v) is 3.14. The van der Waals surface area contributed by atoms with Crippen molar-refractivity contribution in [2.45, 2.75) is 19.4 Å². The van der Waals surface area contributed by atoms with Gasteiger partial charge in [-0.1, -0.05) is 13.0 Å². The molecule has 2 aliphatic heterocycles. The van der Waals surface area contributed by atoms with Crippen molar-refractivity contribution in [2.75, 3.05) is 30.0 Å². The van der Waals surface area contributed by atoms with E-state index in [9.17, 15) is 14.7 Å². The molecule has 21 heavy (non-hydrogen) atoms. The topological polar surface area (TPSA) is 78.9 Å². The number of hydrogen-bond acceptors (Lipinski definition) is 4. The SMILES string of the molecule is CCCN1c2c(cccc2C(=O)O)NC(=O)C2COCC21. The number of nitrogens with one attached hydrogen (secondary N) is 1. The van der Waals surface area contributed by atoms with Crippen LogP contribution in [0.15, 0.2) is 18.2 Å². The Labute approximate surface area is 122 Å². The van der Waals surface area contributed by atoms with Crippen molar-refractivity contribution in [3.8, 4) is 0 Å². The number of anilines is 2. The molecule has 2 aliphatic rings. The zero-order valence-electron chi connectivity index (χ0n) is 11.8. The minimum absolute atomic E-state index is 0.0973. The van der Waals surface area contributed by atoms with Gasteiger partial charge in [-0.05, 0) is 18.6 Å². The number of carbonyl (C=O) groups is 2. The fraction of sp³-hybridized carbons (Fsp3) is 0.467. The number of rotatable bonds is 3. The van der Waals surface area contributed by atoms with Gasteiger partial charge in [-0.15, -0.1) is 0 Å². The second-order valence-electron chi connectivity index (χ2n) is 5.40. The van der Waals surface area contributed by atoms with Crippen molar-refractivity contribution in [3.63, 3.8) is 0 Å². The molecule has 1 fully saturated rings. The molecule has 2 heterocycles. The molecule has 0 radical (unpaired) electrons. The summed E-state index contributed by atoms with van der Waals surface area (Å²) in [4.78, 5) is 25.9. The highest BCUT2D eigenvalue weighted by Gasteiger charge is 2.42. The largest absolute Gasteiger partial charge is 0.478 e. The molecule has 0 spiro atoms. The van der Waals surface area contributed by atoms with Gasteiger partial charge in [0.1, 0.15) is 0 Å². The molecule has 2 unspecified atom stereocenters. The van der Waals surface area contributed by atoms with E-state index in [0.717, 1.165) is 6.42 Å². The lowest BCUT2D eigenvalue weighted by Crippen LogP contribution is -2.43. The van der Waals surface area contributed by atoms with Crippen LogP contribution in [0.2, 0.25) is 0 Å². The lowest BCUT2D eigenvalue weighted by atomic mass is 10.0. The molecule has 1 aromatic carbocycles. The molecule has 0 saturated carbocycles. The van der Waals surface area contributed by atoms with Crippen LogP contribution in [-0.2, 0) is 9.53 Å². The Morgan fingerprint density at radius 2 is 2.29 bits per heavy atom. The average Bonchev–Trinajstić information content (AvgIpc) is 2.90. The number of aromatic carboxylic acids is 1. The number of carbonyl (C=O) groups excluding carboxylic acids is 1. The molecular weight excluding hydrogens is 272 g/mol. The minimum atomic E-state index is -0.987. The molecule has 3 rings (SSSR count). The first-order chi connectivity index (χ1) is 10.1. The van der Waals surface area contributed by atoms with Gasteiger partial charge < -0.3 is 20.1 Å². The van der Waals surface area contributed by atoms with Gasteiger partial charge in [0, 0.05) is 6.54 Å². The van der Waals surface area contributed by atoms with Gasteiger partial charge in [-0.3, -0.25) is 4.79 Å². The van der Waals surface area contributed by atoms with Gasteiger partial charge >= 0.3 is 5.97 Å². The van der Waals surface area contributed by atoms with E-state index in [1.807, 2.05) is 11.8 Å². The Morgan fingerprint density at radius 1 is 1.48 bits per heavy atom. The number of amides is 1. The Kier molecular flexibility index (Phi) is 3.55. The fourth-order valence-electron chi connectivity index (χ4n) is 3.14. The molecule has 1 aromatic rings. The van der Waals surface area contributed by atoms with Crippen LogP contribution >= 0.6 is 0 Å². The number of benzene rings is 1. The Hall–Kier alpha value is -2.08. The predicted octanol–water partition coefficient (Wildman–Crippen LogP) is 1.57. The lowest BCUT2D eigenvalue weighted by Gasteiger charge is -2.32. The second kappa shape index (κ2) is 5.37. The minimum Gasteiger partial charge on any atom is -0.478 e. The van der Waals surface area contributed by atoms with Crippen molar-refractivity contribution in [1.82, 2.24) is 0 Å². The van der Waals surface area contributed by atoms with Gasteiger partial charge in [0.2, 0.25) is 5.91 Å². The van der Waals surface area contributed by atoms with Gasteiger partial charge in [-0.25, -0.2) is 4.79 Å². The summed E-state index contributed by atoms with van der Waals surface area (Å²) >= 11 is 0. The molecule has 0 bridgehead atoms. The van der Waals surface area contributed by atoms with Crippen molar-refractivity contribution in [3.05, 3.63) is 23.8 Å². The molecule has 1 saturated heterocycles. The third-order valence-corrected chi connectivity index (χ3v) is 4.06. The zero-order valence-corrected chi connectivity index (χ0v) is 11.8. The predicted molar refractivity (Wildman–Crippen MR) is 77.8 cm³/mol. The third-order valence-electron chi connectivity index (χ3n) is 4.06. The van der Waals surface area contributed by atoms with Crippen LogP contribution in [0.25, 0.3) is 0 Å². The normalized spacial score (nSPS) is 24.0. The van der Waals surface area contributed by atoms with Gasteiger partial charge in [0.05, 0.1) is 42.1 Å². The molecule has 2 atom stereocenters. The second-order valence-corrected chi connectivity index (χ2v) is 5.40. The highest BCUT2D eigenvalue weighted by molar-refractivity contribution is 6.05. The first kappa shape index (κ1) is 13.9. The first-order valence-electron chi connectivity index (χ1n) is 7.15. The Balaban J connectivity index is 2.16. The van der Waals surface area contributed by atoms with Crippen LogP contribution in [0.1, 0.15) is 23.7 Å². The van der Waals surface area contributed by atoms with Gasteiger partial charge in [0.25, 0.3) is 0 Å². The number of nitrogens with zero attached hydrogens (tertiary/aromatic N) is 1. The highest BCUT2D eigenvalue weighted by Crippen LogP contribution is 2.38. The van der Waals surface area contributed by atoms with E-state index in [4.69, 9.17) is 4.74 Å². The number of ether oxygens (including phenoxy) is 1. The van der Waals surface area contributed by atoms with E-state index in [2.05, 4.69) is 5.32 Å². The van der Waals surface area contributed by atoms with E-state index in [-0.39, 0.29) is 23.4 Å². The standard InChI is InChI=1S/C15H18N2O4/c1-2-6-17-12-8-21-7-10(12)14(18)16-11-5-3-4-9(13(11)17)15(19)20/h3-5,10,12H,2,6-8H2,1H3,(H,16,18)(H,19,20). The van der Waals surface area contributed by atoms with E-state index in [1.54, 1.807) is 18.2 Å². The average molecular weight is 290 g/mol. The molecule has 0 aliphatic carbocycles. The van der Waals surface area contributed by atoms with Crippen LogP contribution < -0.4 is 10.2 Å². The monoisotopic (exact) mass is 290 g/mol. The molecule has 6 heteroatoms. The maximum atomic E-state index is 12.3. The summed E-state index contributed by atoms with van der Waals surface area (Å²) in [6.45, 7) is 3.56. The smallest absolute Gasteiger partial charge is 0.337 e. The molecule has 112 valence electrons. The van der Waals surface area contributed by atoms with Crippen LogP contribution in [-0.4, -0.2) is 42.8 Å². The maximum absolute atomic E-state index is 12.3. The summed E-state index contributed by atoms with van der Waals surface area (Å²) in [5, 5.41) is 12.3. The summed E-state index contributed by atoms with van der Waals surface area (Å²) in [6, 6.07) is 4.88. The number of carboxylic acids is 1.